The van der Waals surface area contributed by atoms with Crippen LogP contribution in [0.2, 0.25) is 0 Å². The molecule has 9 heteroatoms. The van der Waals surface area contributed by atoms with Crippen molar-refractivity contribution in [1.29, 1.82) is 0 Å². The summed E-state index contributed by atoms with van der Waals surface area (Å²) >= 11 is 1.27. The number of aliphatic hydroxyl groups excluding tert-OH is 1. The van der Waals surface area contributed by atoms with Gasteiger partial charge in [0.15, 0.2) is 0 Å². The molecule has 0 saturated carbocycles. The van der Waals surface area contributed by atoms with E-state index in [1.807, 2.05) is 18.2 Å². The van der Waals surface area contributed by atoms with Crippen LogP contribution in [-0.4, -0.2) is 58.6 Å². The molecule has 4 rings (SSSR count). The van der Waals surface area contributed by atoms with Gasteiger partial charge in [-0.1, -0.05) is 0 Å². The maximum Gasteiger partial charge on any atom is 0.308 e. The molecule has 1 saturated heterocycles. The summed E-state index contributed by atoms with van der Waals surface area (Å²) in [5.74, 6) is -0.942. The molecule has 3 atom stereocenters. The second-order valence-corrected chi connectivity index (χ2v) is 10.6. The largest absolute Gasteiger partial charge is 0.497 e. The van der Waals surface area contributed by atoms with Crippen LogP contribution in [0.5, 0.6) is 5.75 Å². The maximum atomic E-state index is 13.8. The molecule has 0 amide bonds. The van der Waals surface area contributed by atoms with Crippen LogP contribution in [0, 0.1) is 23.5 Å². The van der Waals surface area contributed by atoms with Crippen molar-refractivity contribution in [2.45, 2.75) is 36.7 Å². The molecule has 198 valence electrons. The smallest absolute Gasteiger partial charge is 0.308 e. The first-order valence-electron chi connectivity index (χ1n) is 12.5. The number of benzene rings is 2. The number of aliphatic hydroxyl groups is 1. The average molecular weight is 531 g/mol. The normalized spacial score (nSPS) is 19.1. The molecule has 1 aliphatic heterocycles. The molecule has 2 N–H and O–H groups in total. The number of nitrogens with zero attached hydrogens (tertiary/aromatic N) is 2. The molecule has 2 aromatic carbocycles. The van der Waals surface area contributed by atoms with E-state index < -0.39 is 29.6 Å². The van der Waals surface area contributed by atoms with Gasteiger partial charge >= 0.3 is 5.97 Å². The molecule has 0 spiro atoms. The third kappa shape index (κ3) is 6.97. The van der Waals surface area contributed by atoms with Crippen molar-refractivity contribution < 1.29 is 28.5 Å². The van der Waals surface area contributed by atoms with Gasteiger partial charge in [-0.15, -0.1) is 11.8 Å². The number of halogens is 2. The van der Waals surface area contributed by atoms with Crippen molar-refractivity contribution in [3.63, 3.8) is 0 Å². The number of aromatic nitrogens is 1. The zero-order valence-electron chi connectivity index (χ0n) is 20.8. The van der Waals surface area contributed by atoms with Crippen molar-refractivity contribution in [2.75, 3.05) is 32.5 Å². The average Bonchev–Trinajstić information content (AvgIpc) is 2.91. The zero-order chi connectivity index (χ0) is 26.4. The molecule has 1 aromatic heterocycles. The molecular weight excluding hydrogens is 498 g/mol. The number of ether oxygens (including phenoxy) is 1. The highest BCUT2D eigenvalue weighted by atomic mass is 32.2. The van der Waals surface area contributed by atoms with Gasteiger partial charge in [0.05, 0.1) is 24.6 Å². The van der Waals surface area contributed by atoms with Crippen LogP contribution in [0.4, 0.5) is 8.78 Å². The lowest BCUT2D eigenvalue weighted by atomic mass is 9.81. The Balaban J connectivity index is 1.29. The van der Waals surface area contributed by atoms with E-state index in [-0.39, 0.29) is 5.92 Å². The highest BCUT2D eigenvalue weighted by Crippen LogP contribution is 2.34. The van der Waals surface area contributed by atoms with E-state index >= 15 is 0 Å². The Morgan fingerprint density at radius 1 is 1.24 bits per heavy atom. The number of hydrogen-bond acceptors (Lipinski definition) is 6. The number of thioether (sulfide) groups is 1. The Kier molecular flexibility index (Phi) is 9.34. The zero-order valence-corrected chi connectivity index (χ0v) is 21.6. The summed E-state index contributed by atoms with van der Waals surface area (Å²) in [7, 11) is 1.59. The van der Waals surface area contributed by atoms with Gasteiger partial charge in [-0.2, -0.15) is 0 Å². The van der Waals surface area contributed by atoms with E-state index in [9.17, 15) is 23.8 Å². The van der Waals surface area contributed by atoms with Gasteiger partial charge in [0.25, 0.3) is 0 Å². The molecule has 6 nitrogen and oxygen atoms in total. The number of methoxy groups -OCH3 is 1. The van der Waals surface area contributed by atoms with Crippen molar-refractivity contribution in [1.82, 2.24) is 9.88 Å². The third-order valence-corrected chi connectivity index (χ3v) is 8.20. The van der Waals surface area contributed by atoms with Gasteiger partial charge in [-0.05, 0) is 98.5 Å². The van der Waals surface area contributed by atoms with E-state index in [0.717, 1.165) is 48.0 Å². The topological polar surface area (TPSA) is 82.9 Å². The van der Waals surface area contributed by atoms with Crippen LogP contribution < -0.4 is 4.74 Å². The molecule has 1 aliphatic rings. The van der Waals surface area contributed by atoms with Gasteiger partial charge in [0.2, 0.25) is 0 Å². The number of hydrogen-bond donors (Lipinski definition) is 2. The molecular formula is C28H32F2N2O4S. The number of carboxylic acid groups (broad SMARTS) is 1. The van der Waals surface area contributed by atoms with Gasteiger partial charge < -0.3 is 19.8 Å². The summed E-state index contributed by atoms with van der Waals surface area (Å²) in [6, 6.07) is 10.8. The highest BCUT2D eigenvalue weighted by molar-refractivity contribution is 7.99. The quantitative estimate of drug-likeness (QED) is 0.249. The van der Waals surface area contributed by atoms with Crippen LogP contribution >= 0.6 is 11.8 Å². The first-order chi connectivity index (χ1) is 17.9. The summed E-state index contributed by atoms with van der Waals surface area (Å²) in [6.07, 6.45) is 3.49. The lowest BCUT2D eigenvalue weighted by Gasteiger charge is -2.37. The number of carbonyl (C=O) groups is 1. The fourth-order valence-corrected chi connectivity index (χ4v) is 5.94. The molecule has 0 bridgehead atoms. The molecule has 0 radical (unpaired) electrons. The lowest BCUT2D eigenvalue weighted by Crippen LogP contribution is -2.44. The Morgan fingerprint density at radius 2 is 2.08 bits per heavy atom. The minimum absolute atomic E-state index is 0.0261. The Bertz CT molecular complexity index is 1230. The second kappa shape index (κ2) is 12.7. The third-order valence-electron chi connectivity index (χ3n) is 7.08. The van der Waals surface area contributed by atoms with E-state index in [4.69, 9.17) is 4.74 Å². The first-order valence-corrected chi connectivity index (χ1v) is 13.5. The van der Waals surface area contributed by atoms with Crippen LogP contribution in [0.25, 0.3) is 10.9 Å². The lowest BCUT2D eigenvalue weighted by molar-refractivity contribution is -0.146. The van der Waals surface area contributed by atoms with Gasteiger partial charge in [0.1, 0.15) is 17.4 Å². The van der Waals surface area contributed by atoms with Crippen LogP contribution in [0.1, 0.15) is 37.4 Å². The number of rotatable bonds is 11. The predicted molar refractivity (Wildman–Crippen MR) is 140 cm³/mol. The SMILES string of the molecule is COc1ccc2nccc([C@@H](O)CC[C@@H]3CCN(CCCSc4cc(F)ccc4F)C[C@@H]3C(=O)O)c2c1. The minimum Gasteiger partial charge on any atom is -0.497 e. The highest BCUT2D eigenvalue weighted by Gasteiger charge is 2.34. The van der Waals surface area contributed by atoms with E-state index in [1.54, 1.807) is 19.4 Å². The maximum absolute atomic E-state index is 13.8. The van der Waals surface area contributed by atoms with E-state index in [0.29, 0.717) is 42.3 Å². The second-order valence-electron chi connectivity index (χ2n) is 9.45. The number of fused-ring (bicyclic) bond motifs is 1. The predicted octanol–water partition coefficient (Wildman–Crippen LogP) is 5.54. The number of pyridine rings is 1. The van der Waals surface area contributed by atoms with Crippen molar-refractivity contribution in [3.8, 4) is 5.75 Å². The number of piperidine rings is 1. The summed E-state index contributed by atoms with van der Waals surface area (Å²) in [4.78, 5) is 18.9. The fourth-order valence-electron chi connectivity index (χ4n) is 5.05. The minimum atomic E-state index is -0.820. The number of aliphatic carboxylic acids is 1. The van der Waals surface area contributed by atoms with Crippen LogP contribution in [-0.2, 0) is 4.79 Å². The molecule has 0 aliphatic carbocycles. The van der Waals surface area contributed by atoms with Crippen LogP contribution in [0.15, 0.2) is 53.6 Å². The number of carboxylic acids is 1. The molecule has 0 unspecified atom stereocenters. The van der Waals surface area contributed by atoms with E-state index in [2.05, 4.69) is 9.88 Å². The van der Waals surface area contributed by atoms with Gasteiger partial charge in [0, 0.05) is 23.0 Å². The Morgan fingerprint density at radius 3 is 2.86 bits per heavy atom. The first kappa shape index (κ1) is 27.3. The molecule has 1 fully saturated rings. The molecule has 3 aromatic rings. The summed E-state index contributed by atoms with van der Waals surface area (Å²) in [5.41, 5.74) is 1.54. The van der Waals surface area contributed by atoms with Crippen LogP contribution in [0.3, 0.4) is 0 Å². The molecule has 2 heterocycles. The summed E-state index contributed by atoms with van der Waals surface area (Å²) < 4.78 is 32.5. The monoisotopic (exact) mass is 530 g/mol. The summed E-state index contributed by atoms with van der Waals surface area (Å²) in [6.45, 7) is 1.93. The van der Waals surface area contributed by atoms with Crippen molar-refractivity contribution in [2.24, 2.45) is 11.8 Å². The van der Waals surface area contributed by atoms with Crippen molar-refractivity contribution in [3.05, 3.63) is 65.9 Å². The van der Waals surface area contributed by atoms with Crippen molar-refractivity contribution >= 4 is 28.6 Å². The van der Waals surface area contributed by atoms with E-state index in [1.165, 1.54) is 17.8 Å². The standard InChI is InChI=1S/C28H32F2N2O4S/c1-36-20-5-7-25-22(16-20)21(9-11-31-25)26(33)8-3-18-10-13-32(17-23(18)28(34)35)12-2-14-37-27-15-19(29)4-6-24(27)30/h4-7,9,11,15-16,18,23,26,33H,2-3,8,10,12-14,17H2,1H3,(H,34,35)/t18-,23+,26+/m1/s1. The summed E-state index contributed by atoms with van der Waals surface area (Å²) in [5, 5.41) is 21.7. The molecule has 37 heavy (non-hydrogen) atoms. The van der Waals surface area contributed by atoms with Gasteiger partial charge in [-0.25, -0.2) is 8.78 Å². The number of likely N-dealkylation sites (tertiary alicyclic amines) is 1. The Hall–Kier alpha value is -2.75. The van der Waals surface area contributed by atoms with Gasteiger partial charge in [-0.3, -0.25) is 9.78 Å². The fraction of sp³-hybridized carbons (Fsp3) is 0.429. The Labute approximate surface area is 219 Å².